The van der Waals surface area contributed by atoms with Gasteiger partial charge in [0.15, 0.2) is 5.82 Å². The molecule has 1 aromatic rings. The Hall–Kier alpha value is -1.29. The van der Waals surface area contributed by atoms with Crippen molar-refractivity contribution in [1.29, 1.82) is 0 Å². The zero-order valence-electron chi connectivity index (χ0n) is 12.4. The van der Waals surface area contributed by atoms with Crippen molar-refractivity contribution in [2.75, 3.05) is 30.9 Å². The van der Waals surface area contributed by atoms with E-state index in [0.717, 1.165) is 31.0 Å². The molecule has 1 saturated heterocycles. The second kappa shape index (κ2) is 6.24. The summed E-state index contributed by atoms with van der Waals surface area (Å²) in [6, 6.07) is 4.56. The van der Waals surface area contributed by atoms with Crippen molar-refractivity contribution in [1.82, 2.24) is 4.98 Å². The average Bonchev–Trinajstić information content (AvgIpc) is 2.39. The van der Waals surface area contributed by atoms with Crippen molar-refractivity contribution in [2.45, 2.75) is 38.8 Å². The quantitative estimate of drug-likeness (QED) is 0.906. The van der Waals surface area contributed by atoms with Gasteiger partial charge in [-0.3, -0.25) is 0 Å². The third kappa shape index (κ3) is 3.60. The smallest absolute Gasteiger partial charge is 0.151 e. The number of nitrogens with one attached hydrogen (secondary N) is 1. The third-order valence-electron chi connectivity index (χ3n) is 3.63. The van der Waals surface area contributed by atoms with E-state index in [2.05, 4.69) is 30.2 Å². The molecular weight excluding hydrogens is 238 g/mol. The van der Waals surface area contributed by atoms with E-state index in [1.807, 2.05) is 31.3 Å². The molecule has 1 N–H and O–H groups in total. The highest BCUT2D eigenvalue weighted by molar-refractivity contribution is 5.65. The molecule has 2 atom stereocenters. The summed E-state index contributed by atoms with van der Waals surface area (Å²) >= 11 is 0. The zero-order valence-corrected chi connectivity index (χ0v) is 12.4. The topological polar surface area (TPSA) is 37.4 Å². The highest BCUT2D eigenvalue weighted by Gasteiger charge is 2.25. The summed E-state index contributed by atoms with van der Waals surface area (Å²) in [5, 5.41) is 3.63. The van der Waals surface area contributed by atoms with Gasteiger partial charge in [-0.15, -0.1) is 0 Å². The van der Waals surface area contributed by atoms with Gasteiger partial charge in [0, 0.05) is 32.9 Å². The first-order chi connectivity index (χ1) is 9.08. The standard InChI is InChI=1S/C15H25N3O/c1-11(2)14-10-12(7-9-19-14)17-13-6-5-8-16-15(13)18(3)4/h5-6,8,11-12,14,17H,7,9-10H2,1-4H3. The molecule has 19 heavy (non-hydrogen) atoms. The SMILES string of the molecule is CC(C)C1CC(Nc2cccnc2N(C)C)CCO1. The predicted molar refractivity (Wildman–Crippen MR) is 79.8 cm³/mol. The fourth-order valence-corrected chi connectivity index (χ4v) is 2.51. The lowest BCUT2D eigenvalue weighted by molar-refractivity contribution is -0.0160. The number of pyridine rings is 1. The third-order valence-corrected chi connectivity index (χ3v) is 3.63. The molecule has 2 heterocycles. The molecule has 0 amide bonds. The Bertz CT molecular complexity index is 406. The number of hydrogen-bond acceptors (Lipinski definition) is 4. The van der Waals surface area contributed by atoms with Crippen molar-refractivity contribution in [3.8, 4) is 0 Å². The van der Waals surface area contributed by atoms with Gasteiger partial charge in [0.05, 0.1) is 11.8 Å². The molecule has 1 aliphatic rings. The first kappa shape index (κ1) is 14.1. The fraction of sp³-hybridized carbons (Fsp3) is 0.667. The minimum absolute atomic E-state index is 0.366. The highest BCUT2D eigenvalue weighted by Crippen LogP contribution is 2.26. The van der Waals surface area contributed by atoms with Crippen LogP contribution in [0, 0.1) is 5.92 Å². The van der Waals surface area contributed by atoms with Crippen molar-refractivity contribution >= 4 is 11.5 Å². The first-order valence-electron chi connectivity index (χ1n) is 7.08. The normalized spacial score (nSPS) is 23.4. The second-order valence-electron chi connectivity index (χ2n) is 5.79. The summed E-state index contributed by atoms with van der Waals surface area (Å²) < 4.78 is 5.82. The van der Waals surface area contributed by atoms with Gasteiger partial charge in [-0.25, -0.2) is 4.98 Å². The van der Waals surface area contributed by atoms with Gasteiger partial charge in [-0.05, 0) is 30.9 Å². The lowest BCUT2D eigenvalue weighted by Gasteiger charge is -2.33. The molecule has 0 radical (unpaired) electrons. The van der Waals surface area contributed by atoms with Crippen LogP contribution in [0.2, 0.25) is 0 Å². The predicted octanol–water partition coefficient (Wildman–Crippen LogP) is 2.76. The van der Waals surface area contributed by atoms with E-state index >= 15 is 0 Å². The van der Waals surface area contributed by atoms with Crippen molar-refractivity contribution in [3.05, 3.63) is 18.3 Å². The molecule has 0 saturated carbocycles. The highest BCUT2D eigenvalue weighted by atomic mass is 16.5. The zero-order chi connectivity index (χ0) is 13.8. The molecule has 1 fully saturated rings. The summed E-state index contributed by atoms with van der Waals surface area (Å²) in [5.74, 6) is 1.57. The number of ether oxygens (including phenoxy) is 1. The molecule has 2 unspecified atom stereocenters. The largest absolute Gasteiger partial charge is 0.379 e. The second-order valence-corrected chi connectivity index (χ2v) is 5.79. The minimum atomic E-state index is 0.366. The van der Waals surface area contributed by atoms with Crippen LogP contribution in [0.25, 0.3) is 0 Å². The van der Waals surface area contributed by atoms with E-state index in [9.17, 15) is 0 Å². The molecule has 0 aromatic carbocycles. The number of nitrogens with zero attached hydrogens (tertiary/aromatic N) is 2. The number of aromatic nitrogens is 1. The van der Waals surface area contributed by atoms with Gasteiger partial charge in [0.2, 0.25) is 0 Å². The summed E-state index contributed by atoms with van der Waals surface area (Å²) in [4.78, 5) is 6.47. The molecule has 0 bridgehead atoms. The molecule has 0 aliphatic carbocycles. The van der Waals surface area contributed by atoms with Gasteiger partial charge in [0.25, 0.3) is 0 Å². The Morgan fingerprint density at radius 1 is 1.42 bits per heavy atom. The van der Waals surface area contributed by atoms with Gasteiger partial charge in [-0.2, -0.15) is 0 Å². The Kier molecular flexibility index (Phi) is 4.64. The number of anilines is 2. The van der Waals surface area contributed by atoms with Crippen LogP contribution < -0.4 is 10.2 Å². The summed E-state index contributed by atoms with van der Waals surface area (Å²) in [7, 11) is 4.04. The van der Waals surface area contributed by atoms with E-state index < -0.39 is 0 Å². The molecule has 1 aliphatic heterocycles. The van der Waals surface area contributed by atoms with E-state index in [1.54, 1.807) is 0 Å². The van der Waals surface area contributed by atoms with Crippen molar-refractivity contribution < 1.29 is 4.74 Å². The molecule has 1 aromatic heterocycles. The Morgan fingerprint density at radius 3 is 2.89 bits per heavy atom. The molecular formula is C15H25N3O. The van der Waals surface area contributed by atoms with Gasteiger partial charge in [0.1, 0.15) is 0 Å². The maximum absolute atomic E-state index is 5.82. The van der Waals surface area contributed by atoms with Crippen LogP contribution in [0.1, 0.15) is 26.7 Å². The van der Waals surface area contributed by atoms with E-state index in [1.165, 1.54) is 0 Å². The molecule has 2 rings (SSSR count). The molecule has 4 heteroatoms. The van der Waals surface area contributed by atoms with E-state index in [-0.39, 0.29) is 0 Å². The molecule has 4 nitrogen and oxygen atoms in total. The van der Waals surface area contributed by atoms with E-state index in [4.69, 9.17) is 4.74 Å². The maximum Gasteiger partial charge on any atom is 0.151 e. The maximum atomic E-state index is 5.82. The Morgan fingerprint density at radius 2 is 2.21 bits per heavy atom. The number of rotatable bonds is 4. The van der Waals surface area contributed by atoms with Crippen LogP contribution in [0.4, 0.5) is 11.5 Å². The Labute approximate surface area is 116 Å². The fourth-order valence-electron chi connectivity index (χ4n) is 2.51. The first-order valence-corrected chi connectivity index (χ1v) is 7.08. The number of hydrogen-bond donors (Lipinski definition) is 1. The summed E-state index contributed by atoms with van der Waals surface area (Å²) in [5.41, 5.74) is 1.11. The van der Waals surface area contributed by atoms with Crippen LogP contribution in [-0.2, 0) is 4.74 Å². The van der Waals surface area contributed by atoms with Gasteiger partial charge < -0.3 is 15.0 Å². The van der Waals surface area contributed by atoms with E-state index in [0.29, 0.717) is 18.1 Å². The van der Waals surface area contributed by atoms with Crippen LogP contribution >= 0.6 is 0 Å². The van der Waals surface area contributed by atoms with Crippen LogP contribution in [0.5, 0.6) is 0 Å². The van der Waals surface area contributed by atoms with Crippen LogP contribution in [-0.4, -0.2) is 37.8 Å². The van der Waals surface area contributed by atoms with Gasteiger partial charge in [-0.1, -0.05) is 13.8 Å². The Balaban J connectivity index is 2.04. The minimum Gasteiger partial charge on any atom is -0.379 e. The summed E-state index contributed by atoms with van der Waals surface area (Å²) in [6.45, 7) is 5.29. The lowest BCUT2D eigenvalue weighted by atomic mass is 9.95. The summed E-state index contributed by atoms with van der Waals surface area (Å²) in [6.07, 6.45) is 4.33. The van der Waals surface area contributed by atoms with Gasteiger partial charge >= 0.3 is 0 Å². The lowest BCUT2D eigenvalue weighted by Crippen LogP contribution is -2.37. The van der Waals surface area contributed by atoms with Crippen molar-refractivity contribution in [3.63, 3.8) is 0 Å². The van der Waals surface area contributed by atoms with Crippen LogP contribution in [0.15, 0.2) is 18.3 Å². The molecule has 106 valence electrons. The molecule has 0 spiro atoms. The van der Waals surface area contributed by atoms with Crippen molar-refractivity contribution in [2.24, 2.45) is 5.92 Å². The monoisotopic (exact) mass is 263 g/mol. The average molecular weight is 263 g/mol. The van der Waals surface area contributed by atoms with Crippen LogP contribution in [0.3, 0.4) is 0 Å².